The predicted octanol–water partition coefficient (Wildman–Crippen LogP) is 3.68. The number of methoxy groups -OCH3 is 1. The number of nitrogens with two attached hydrogens (primary N) is 1. The van der Waals surface area contributed by atoms with Gasteiger partial charge in [-0.2, -0.15) is 0 Å². The van der Waals surface area contributed by atoms with Crippen LogP contribution in [0.4, 0.5) is 10.1 Å². The number of nitrogens with zero attached hydrogens (tertiary/aromatic N) is 2. The lowest BCUT2D eigenvalue weighted by atomic mass is 10.1. The molecule has 7 heteroatoms. The molecule has 146 valence electrons. The van der Waals surface area contributed by atoms with Gasteiger partial charge in [0, 0.05) is 29.8 Å². The molecule has 0 saturated carbocycles. The molecule has 1 amide bonds. The molecule has 0 aliphatic heterocycles. The van der Waals surface area contributed by atoms with Crippen LogP contribution in [0.3, 0.4) is 0 Å². The lowest BCUT2D eigenvalue weighted by molar-refractivity contribution is -0.117. The zero-order valence-electron chi connectivity index (χ0n) is 15.8. The van der Waals surface area contributed by atoms with Gasteiger partial charge in [0.05, 0.1) is 13.7 Å². The van der Waals surface area contributed by atoms with Crippen LogP contribution in [-0.4, -0.2) is 24.7 Å². The summed E-state index contributed by atoms with van der Waals surface area (Å²) in [6.45, 7) is 2.79. The van der Waals surface area contributed by atoms with Crippen LogP contribution in [0.5, 0.6) is 5.75 Å². The molecule has 28 heavy (non-hydrogen) atoms. The van der Waals surface area contributed by atoms with E-state index >= 15 is 0 Å². The van der Waals surface area contributed by atoms with Crippen molar-refractivity contribution >= 4 is 11.6 Å². The van der Waals surface area contributed by atoms with Gasteiger partial charge in [0.2, 0.25) is 5.91 Å². The molecule has 0 atom stereocenters. The first kappa shape index (κ1) is 19.4. The zero-order valence-corrected chi connectivity index (χ0v) is 15.8. The minimum atomic E-state index is -0.373. The molecule has 0 spiro atoms. The fraction of sp³-hybridized carbons (Fsp3) is 0.238. The number of benzene rings is 2. The molecule has 3 rings (SSSR count). The molecule has 0 fully saturated rings. The first-order valence-corrected chi connectivity index (χ1v) is 8.86. The van der Waals surface area contributed by atoms with Crippen molar-refractivity contribution in [2.24, 2.45) is 5.73 Å². The topological polar surface area (TPSA) is 81.6 Å². The Labute approximate surface area is 162 Å². The van der Waals surface area contributed by atoms with E-state index in [1.807, 2.05) is 36.1 Å². The second-order valence-electron chi connectivity index (χ2n) is 6.43. The number of hydrogen-bond donors (Lipinski definition) is 1. The second kappa shape index (κ2) is 8.56. The number of ether oxygens (including phenoxy) is 1. The molecule has 2 N–H and O–H groups in total. The quantitative estimate of drug-likeness (QED) is 0.642. The molecule has 2 aromatic carbocycles. The molecule has 0 saturated heterocycles. The normalized spacial score (nSPS) is 10.7. The maximum atomic E-state index is 13.2. The van der Waals surface area contributed by atoms with Crippen LogP contribution in [0.25, 0.3) is 11.3 Å². The van der Waals surface area contributed by atoms with E-state index in [4.69, 9.17) is 15.0 Å². The molecule has 1 aromatic heterocycles. The lowest BCUT2D eigenvalue weighted by Gasteiger charge is -2.23. The number of halogens is 1. The van der Waals surface area contributed by atoms with Crippen molar-refractivity contribution in [1.29, 1.82) is 0 Å². The van der Waals surface area contributed by atoms with Crippen molar-refractivity contribution in [1.82, 2.24) is 5.16 Å². The van der Waals surface area contributed by atoms with Crippen molar-refractivity contribution in [3.63, 3.8) is 0 Å². The molecular formula is C21H22FN3O3. The number of hydrogen-bond acceptors (Lipinski definition) is 5. The van der Waals surface area contributed by atoms with Gasteiger partial charge in [-0.15, -0.1) is 0 Å². The Kier molecular flexibility index (Phi) is 5.93. The van der Waals surface area contributed by atoms with Gasteiger partial charge in [0.25, 0.3) is 0 Å². The van der Waals surface area contributed by atoms with E-state index in [9.17, 15) is 9.18 Å². The minimum absolute atomic E-state index is 0.216. The van der Waals surface area contributed by atoms with Gasteiger partial charge in [0.15, 0.2) is 5.76 Å². The molecule has 0 aliphatic carbocycles. The Morgan fingerprint density at radius 1 is 1.18 bits per heavy atom. The lowest BCUT2D eigenvalue weighted by Crippen LogP contribution is -2.28. The molecule has 1 heterocycles. The SMILES string of the molecule is COc1ccc(N(CCC(N)=O)Cc2noc(-c3ccc(F)cc3)c2C)cc1. The summed E-state index contributed by atoms with van der Waals surface area (Å²) in [7, 11) is 1.61. The maximum absolute atomic E-state index is 13.2. The maximum Gasteiger partial charge on any atom is 0.219 e. The molecule has 0 unspecified atom stereocenters. The highest BCUT2D eigenvalue weighted by Gasteiger charge is 2.18. The number of amides is 1. The summed E-state index contributed by atoms with van der Waals surface area (Å²) in [4.78, 5) is 13.3. The Balaban J connectivity index is 1.85. The van der Waals surface area contributed by atoms with E-state index in [0.717, 1.165) is 28.3 Å². The number of primary amides is 1. The standard InChI is InChI=1S/C21H22FN3O3/c1-14-19(24-28-21(14)15-3-5-16(22)6-4-15)13-25(12-11-20(23)26)17-7-9-18(27-2)10-8-17/h3-10H,11-13H2,1-2H3,(H2,23,26). The molecule has 3 aromatic rings. The van der Waals surface area contributed by atoms with E-state index in [1.165, 1.54) is 12.1 Å². The monoisotopic (exact) mass is 383 g/mol. The van der Waals surface area contributed by atoms with Gasteiger partial charge in [-0.25, -0.2) is 4.39 Å². The van der Waals surface area contributed by atoms with Crippen LogP contribution < -0.4 is 15.4 Å². The van der Waals surface area contributed by atoms with E-state index in [1.54, 1.807) is 19.2 Å². The van der Waals surface area contributed by atoms with Crippen molar-refractivity contribution in [2.75, 3.05) is 18.6 Å². The van der Waals surface area contributed by atoms with E-state index in [-0.39, 0.29) is 18.1 Å². The summed E-state index contributed by atoms with van der Waals surface area (Å²) in [5.74, 6) is 0.662. The first-order chi connectivity index (χ1) is 13.5. The van der Waals surface area contributed by atoms with Crippen LogP contribution >= 0.6 is 0 Å². The average Bonchev–Trinajstić information content (AvgIpc) is 3.06. The van der Waals surface area contributed by atoms with Crippen LogP contribution in [0.2, 0.25) is 0 Å². The Hall–Kier alpha value is -3.35. The largest absolute Gasteiger partial charge is 0.497 e. The number of anilines is 1. The van der Waals surface area contributed by atoms with Crippen molar-refractivity contribution in [2.45, 2.75) is 19.9 Å². The third kappa shape index (κ3) is 4.49. The number of aromatic nitrogens is 1. The fourth-order valence-corrected chi connectivity index (χ4v) is 2.91. The zero-order chi connectivity index (χ0) is 20.1. The van der Waals surface area contributed by atoms with E-state index in [2.05, 4.69) is 5.16 Å². The summed E-state index contributed by atoms with van der Waals surface area (Å²) in [5.41, 5.74) is 8.60. The van der Waals surface area contributed by atoms with Gasteiger partial charge in [-0.05, 0) is 55.5 Å². The second-order valence-corrected chi connectivity index (χ2v) is 6.43. The number of carbonyl (C=O) groups excluding carboxylic acids is 1. The Bertz CT molecular complexity index is 937. The molecule has 0 bridgehead atoms. The van der Waals surface area contributed by atoms with Gasteiger partial charge in [-0.3, -0.25) is 4.79 Å². The molecular weight excluding hydrogens is 361 g/mol. The van der Waals surface area contributed by atoms with Crippen molar-refractivity contribution in [3.8, 4) is 17.1 Å². The van der Waals surface area contributed by atoms with Crippen molar-refractivity contribution in [3.05, 3.63) is 65.6 Å². The summed E-state index contributed by atoms with van der Waals surface area (Å²) in [5, 5.41) is 4.19. The predicted molar refractivity (Wildman–Crippen MR) is 104 cm³/mol. The fourth-order valence-electron chi connectivity index (χ4n) is 2.91. The van der Waals surface area contributed by atoms with Crippen LogP contribution in [0.15, 0.2) is 53.1 Å². The minimum Gasteiger partial charge on any atom is -0.497 e. The molecule has 0 aliphatic rings. The van der Waals surface area contributed by atoms with Crippen LogP contribution in [0.1, 0.15) is 17.7 Å². The smallest absolute Gasteiger partial charge is 0.219 e. The summed E-state index contributed by atoms with van der Waals surface area (Å²) in [6.07, 6.45) is 0.216. The third-order valence-electron chi connectivity index (χ3n) is 4.53. The highest BCUT2D eigenvalue weighted by Crippen LogP contribution is 2.28. The number of rotatable bonds is 8. The summed E-state index contributed by atoms with van der Waals surface area (Å²) >= 11 is 0. The third-order valence-corrected chi connectivity index (χ3v) is 4.53. The van der Waals surface area contributed by atoms with Crippen LogP contribution in [-0.2, 0) is 11.3 Å². The summed E-state index contributed by atoms with van der Waals surface area (Å²) in [6, 6.07) is 13.6. The highest BCUT2D eigenvalue weighted by molar-refractivity contribution is 5.74. The van der Waals surface area contributed by atoms with Gasteiger partial charge >= 0.3 is 0 Å². The van der Waals surface area contributed by atoms with Crippen molar-refractivity contribution < 1.29 is 18.4 Å². The highest BCUT2D eigenvalue weighted by atomic mass is 19.1. The van der Waals surface area contributed by atoms with Gasteiger partial charge in [-0.1, -0.05) is 5.16 Å². The number of carbonyl (C=O) groups is 1. The first-order valence-electron chi connectivity index (χ1n) is 8.86. The van der Waals surface area contributed by atoms with Gasteiger partial charge < -0.3 is 19.9 Å². The van der Waals surface area contributed by atoms with E-state index < -0.39 is 0 Å². The Morgan fingerprint density at radius 3 is 2.46 bits per heavy atom. The van der Waals surface area contributed by atoms with Crippen LogP contribution in [0, 0.1) is 12.7 Å². The molecule has 6 nitrogen and oxygen atoms in total. The summed E-state index contributed by atoms with van der Waals surface area (Å²) < 4.78 is 23.9. The van der Waals surface area contributed by atoms with E-state index in [0.29, 0.717) is 18.8 Å². The molecule has 0 radical (unpaired) electrons. The average molecular weight is 383 g/mol. The van der Waals surface area contributed by atoms with Gasteiger partial charge in [0.1, 0.15) is 17.3 Å². The Morgan fingerprint density at radius 2 is 1.86 bits per heavy atom.